The highest BCUT2D eigenvalue weighted by atomic mass is 16.5. The second-order valence-electron chi connectivity index (χ2n) is 9.04. The van der Waals surface area contributed by atoms with Crippen molar-refractivity contribution in [2.45, 2.75) is 70.9 Å². The average molecular weight is 441 g/mol. The molecule has 1 fully saturated rings. The van der Waals surface area contributed by atoms with E-state index in [9.17, 15) is 29.7 Å². The first-order valence-electron chi connectivity index (χ1n) is 10.7. The van der Waals surface area contributed by atoms with Gasteiger partial charge >= 0.3 is 0 Å². The summed E-state index contributed by atoms with van der Waals surface area (Å²) >= 11 is 0. The molecular formula is C24H27NO7. The molecule has 0 bridgehead atoms. The van der Waals surface area contributed by atoms with Crippen LogP contribution in [0.15, 0.2) is 23.1 Å². The molecule has 170 valence electrons. The lowest BCUT2D eigenvalue weighted by atomic mass is 9.70. The molecule has 1 aromatic carbocycles. The third kappa shape index (κ3) is 3.04. The maximum absolute atomic E-state index is 13.7. The Morgan fingerprint density at radius 1 is 1.12 bits per heavy atom. The fraction of sp³-hybridized carbons (Fsp3) is 0.458. The third-order valence-corrected chi connectivity index (χ3v) is 6.88. The molecule has 8 heteroatoms. The molecule has 2 aliphatic carbocycles. The largest absolute Gasteiger partial charge is 0.507 e. The highest BCUT2D eigenvalue weighted by Crippen LogP contribution is 2.57. The molecule has 4 N–H and O–H groups in total. The number of Topliss-reactive ketones (excluding diaryl/α,β-unsaturated/α-hetero) is 2. The molecule has 8 nitrogen and oxygen atoms in total. The standard InChI is InChI=1S/C24H27NO7/c1-10-20(29)18(12(3)26)22-19(21(10)30)24(4)16(32-22)9-15(28)17(23(24)31)11(2)25-13-5-7-14(27)8-6-13/h9,13-14,25,27,29-30H,5-8H2,1-4H3/b17-11+/t13?,14?,24-/m1/s1. The minimum absolute atomic E-state index is 0.0163. The second-order valence-corrected chi connectivity index (χ2v) is 9.04. The highest BCUT2D eigenvalue weighted by molar-refractivity contribution is 6.31. The van der Waals surface area contributed by atoms with E-state index in [1.165, 1.54) is 19.9 Å². The molecule has 4 rings (SSSR count). The van der Waals surface area contributed by atoms with Crippen LogP contribution in [0.25, 0.3) is 0 Å². The van der Waals surface area contributed by atoms with Gasteiger partial charge in [-0.3, -0.25) is 14.4 Å². The van der Waals surface area contributed by atoms with E-state index in [4.69, 9.17) is 4.74 Å². The van der Waals surface area contributed by atoms with Gasteiger partial charge in [0.1, 0.15) is 34.0 Å². The Kier molecular flexibility index (Phi) is 5.16. The fourth-order valence-corrected chi connectivity index (χ4v) is 4.96. The van der Waals surface area contributed by atoms with Crippen LogP contribution < -0.4 is 10.1 Å². The quantitative estimate of drug-likeness (QED) is 0.319. The predicted molar refractivity (Wildman–Crippen MR) is 115 cm³/mol. The minimum atomic E-state index is -1.52. The summed E-state index contributed by atoms with van der Waals surface area (Å²) in [5, 5.41) is 34.2. The van der Waals surface area contributed by atoms with Crippen LogP contribution in [-0.2, 0) is 15.0 Å². The number of allylic oxidation sites excluding steroid dienone is 4. The Morgan fingerprint density at radius 2 is 1.75 bits per heavy atom. The van der Waals surface area contributed by atoms with Gasteiger partial charge in [0, 0.05) is 23.4 Å². The SMILES string of the molecule is CC(=O)c1c(O)c(C)c(O)c2c1OC1=CC(=O)/C(=C(/C)NC3CCC(O)CC3)C(=O)[C@]12C. The highest BCUT2D eigenvalue weighted by Gasteiger charge is 2.56. The molecule has 0 radical (unpaired) electrons. The number of hydrogen-bond acceptors (Lipinski definition) is 8. The molecule has 32 heavy (non-hydrogen) atoms. The molecule has 0 amide bonds. The van der Waals surface area contributed by atoms with Gasteiger partial charge in [-0.2, -0.15) is 0 Å². The summed E-state index contributed by atoms with van der Waals surface area (Å²) in [5.41, 5.74) is -1.12. The van der Waals surface area contributed by atoms with Crippen LogP contribution in [0.2, 0.25) is 0 Å². The summed E-state index contributed by atoms with van der Waals surface area (Å²) in [6.45, 7) is 5.91. The number of phenols is 2. The normalized spacial score (nSPS) is 28.5. The van der Waals surface area contributed by atoms with E-state index in [1.807, 2.05) is 0 Å². The van der Waals surface area contributed by atoms with Crippen LogP contribution in [0.4, 0.5) is 0 Å². The smallest absolute Gasteiger partial charge is 0.194 e. The first-order chi connectivity index (χ1) is 15.0. The zero-order valence-electron chi connectivity index (χ0n) is 18.5. The lowest BCUT2D eigenvalue weighted by molar-refractivity contribution is -0.123. The number of fused-ring (bicyclic) bond motifs is 3. The zero-order chi connectivity index (χ0) is 23.5. The van der Waals surface area contributed by atoms with E-state index in [2.05, 4.69) is 5.32 Å². The minimum Gasteiger partial charge on any atom is -0.507 e. The number of aliphatic hydroxyl groups excluding tert-OH is 1. The summed E-state index contributed by atoms with van der Waals surface area (Å²) in [4.78, 5) is 38.9. The number of ketones is 3. The Bertz CT molecular complexity index is 1120. The number of carbonyl (C=O) groups excluding carboxylic acids is 3. The number of hydrogen-bond donors (Lipinski definition) is 4. The van der Waals surface area contributed by atoms with Crippen LogP contribution in [0.5, 0.6) is 17.2 Å². The Morgan fingerprint density at radius 3 is 2.34 bits per heavy atom. The molecule has 1 heterocycles. The maximum atomic E-state index is 13.7. The molecule has 0 aromatic heterocycles. The molecule has 1 atom stereocenters. The lowest BCUT2D eigenvalue weighted by Gasteiger charge is -2.31. The first kappa shape index (κ1) is 22.1. The van der Waals surface area contributed by atoms with Crippen molar-refractivity contribution < 1.29 is 34.4 Å². The molecule has 0 saturated heterocycles. The van der Waals surface area contributed by atoms with E-state index in [0.29, 0.717) is 18.5 Å². The van der Waals surface area contributed by atoms with Crippen molar-refractivity contribution >= 4 is 17.3 Å². The maximum Gasteiger partial charge on any atom is 0.194 e. The monoisotopic (exact) mass is 441 g/mol. The van der Waals surface area contributed by atoms with Crippen molar-refractivity contribution in [1.82, 2.24) is 5.32 Å². The zero-order valence-corrected chi connectivity index (χ0v) is 18.5. The van der Waals surface area contributed by atoms with Crippen molar-refractivity contribution in [2.24, 2.45) is 0 Å². The number of carbonyl (C=O) groups is 3. The topological polar surface area (TPSA) is 133 Å². The van der Waals surface area contributed by atoms with Gasteiger partial charge in [-0.05, 0) is 53.4 Å². The van der Waals surface area contributed by atoms with Crippen LogP contribution in [0, 0.1) is 6.92 Å². The van der Waals surface area contributed by atoms with E-state index < -0.39 is 28.5 Å². The molecular weight excluding hydrogens is 414 g/mol. The number of aromatic hydroxyl groups is 2. The predicted octanol–water partition coefficient (Wildman–Crippen LogP) is 2.46. The first-order valence-corrected chi connectivity index (χ1v) is 10.7. The van der Waals surface area contributed by atoms with Gasteiger partial charge in [0.05, 0.1) is 17.2 Å². The molecule has 0 spiro atoms. The summed E-state index contributed by atoms with van der Waals surface area (Å²) in [6, 6.07) is 0.0358. The van der Waals surface area contributed by atoms with Crippen molar-refractivity contribution in [3.63, 3.8) is 0 Å². The Hall–Kier alpha value is -3.13. The number of benzene rings is 1. The van der Waals surface area contributed by atoms with Crippen molar-refractivity contribution in [3.05, 3.63) is 39.8 Å². The molecule has 1 saturated carbocycles. The van der Waals surface area contributed by atoms with Gasteiger partial charge in [0.25, 0.3) is 0 Å². The van der Waals surface area contributed by atoms with Crippen molar-refractivity contribution in [3.8, 4) is 17.2 Å². The summed E-state index contributed by atoms with van der Waals surface area (Å²) < 4.78 is 5.76. The average Bonchev–Trinajstić information content (AvgIpc) is 3.01. The van der Waals surface area contributed by atoms with Gasteiger partial charge in [-0.15, -0.1) is 0 Å². The number of aliphatic hydroxyl groups is 1. The van der Waals surface area contributed by atoms with Gasteiger partial charge < -0.3 is 25.4 Å². The van der Waals surface area contributed by atoms with Crippen LogP contribution in [0.3, 0.4) is 0 Å². The van der Waals surface area contributed by atoms with Crippen molar-refractivity contribution in [2.75, 3.05) is 0 Å². The second kappa shape index (κ2) is 7.48. The van der Waals surface area contributed by atoms with E-state index >= 15 is 0 Å². The van der Waals surface area contributed by atoms with Gasteiger partial charge in [-0.25, -0.2) is 0 Å². The molecule has 1 aliphatic heterocycles. The third-order valence-electron chi connectivity index (χ3n) is 6.88. The van der Waals surface area contributed by atoms with Gasteiger partial charge in [0.15, 0.2) is 17.3 Å². The lowest BCUT2D eigenvalue weighted by Crippen LogP contribution is -2.42. The van der Waals surface area contributed by atoms with E-state index in [-0.39, 0.29) is 51.7 Å². The Labute approximate surface area is 185 Å². The number of nitrogens with one attached hydrogen (secondary N) is 1. The van der Waals surface area contributed by atoms with Crippen molar-refractivity contribution in [1.29, 1.82) is 0 Å². The van der Waals surface area contributed by atoms with Crippen LogP contribution in [0.1, 0.15) is 67.9 Å². The Balaban J connectivity index is 1.83. The number of rotatable bonds is 3. The molecule has 0 unspecified atom stereocenters. The van der Waals surface area contributed by atoms with E-state index in [0.717, 1.165) is 12.8 Å². The van der Waals surface area contributed by atoms with E-state index in [1.54, 1.807) is 13.8 Å². The van der Waals surface area contributed by atoms with Crippen LogP contribution in [-0.4, -0.2) is 44.8 Å². The molecule has 3 aliphatic rings. The number of ether oxygens (including phenoxy) is 1. The van der Waals surface area contributed by atoms with Gasteiger partial charge in [0.2, 0.25) is 0 Å². The summed E-state index contributed by atoms with van der Waals surface area (Å²) in [7, 11) is 0. The number of phenolic OH excluding ortho intramolecular Hbond substituents is 2. The molecule has 1 aromatic rings. The van der Waals surface area contributed by atoms with Crippen LogP contribution >= 0.6 is 0 Å². The summed E-state index contributed by atoms with van der Waals surface area (Å²) in [5.74, 6) is -2.40. The van der Waals surface area contributed by atoms with Gasteiger partial charge in [-0.1, -0.05) is 0 Å². The summed E-state index contributed by atoms with van der Waals surface area (Å²) in [6.07, 6.45) is 3.63. The fourth-order valence-electron chi connectivity index (χ4n) is 4.96.